The van der Waals surface area contributed by atoms with E-state index < -0.39 is 40.8 Å². The van der Waals surface area contributed by atoms with Gasteiger partial charge in [0.2, 0.25) is 11.7 Å². The van der Waals surface area contributed by atoms with Gasteiger partial charge in [-0.05, 0) is 30.5 Å². The van der Waals surface area contributed by atoms with Gasteiger partial charge in [-0.3, -0.25) is 18.9 Å². The van der Waals surface area contributed by atoms with Crippen LogP contribution in [0, 0.1) is 6.92 Å². The molecule has 0 aliphatic carbocycles. The molecule has 13 nitrogen and oxygen atoms in total. The summed E-state index contributed by atoms with van der Waals surface area (Å²) in [6.07, 6.45) is -3.37. The van der Waals surface area contributed by atoms with Gasteiger partial charge in [-0.1, -0.05) is 41.9 Å². The number of rotatable bonds is 8. The summed E-state index contributed by atoms with van der Waals surface area (Å²) in [6, 6.07) is 10.3. The van der Waals surface area contributed by atoms with Gasteiger partial charge in [-0.15, -0.1) is 0 Å². The van der Waals surface area contributed by atoms with Crippen LogP contribution in [0.15, 0.2) is 52.2 Å². The second-order valence-electron chi connectivity index (χ2n) is 11.7. The van der Waals surface area contributed by atoms with Crippen molar-refractivity contribution in [1.82, 2.24) is 34.4 Å². The molecule has 6 rings (SSSR count). The van der Waals surface area contributed by atoms with E-state index in [9.17, 15) is 27.9 Å². The van der Waals surface area contributed by atoms with E-state index in [-0.39, 0.29) is 23.9 Å². The van der Waals surface area contributed by atoms with E-state index in [0.29, 0.717) is 63.9 Å². The summed E-state index contributed by atoms with van der Waals surface area (Å²) in [7, 11) is 3.93. The van der Waals surface area contributed by atoms with Crippen LogP contribution in [0.4, 0.5) is 24.7 Å². The lowest BCUT2D eigenvalue weighted by atomic mass is 9.96. The Bertz CT molecular complexity index is 2230. The van der Waals surface area contributed by atoms with Crippen molar-refractivity contribution in [2.45, 2.75) is 38.2 Å². The lowest BCUT2D eigenvalue weighted by molar-refractivity contribution is -0.144. The molecule has 1 fully saturated rings. The first-order chi connectivity index (χ1) is 23.8. The fraction of sp³-hybridized carbons (Fsp3) is 0.333. The van der Waals surface area contributed by atoms with Crippen LogP contribution in [-0.4, -0.2) is 66.6 Å². The summed E-state index contributed by atoms with van der Waals surface area (Å²) >= 11 is 6.99. The Morgan fingerprint density at radius 3 is 2.50 bits per heavy atom. The largest absolute Gasteiger partial charge is 0.480 e. The van der Waals surface area contributed by atoms with Crippen LogP contribution < -0.4 is 26.6 Å². The van der Waals surface area contributed by atoms with Crippen LogP contribution in [-0.2, 0) is 31.6 Å². The van der Waals surface area contributed by atoms with Crippen molar-refractivity contribution in [3.05, 3.63) is 85.5 Å². The SMILES string of the molecule is COc1nc(-c2cccc(-c3cccc(Nc4nc(C(F)(F)F)nc5c4c(=O)n(C)c(=O)n5C)c3C)c2Cl)cnc1CN[C@@H]1CCOC[C@@H]1O. The molecule has 1 saturated heterocycles. The number of aryl methyl sites for hydroxylation is 1. The molecule has 0 spiro atoms. The number of nitrogens with one attached hydrogen (secondary N) is 2. The fourth-order valence-electron chi connectivity index (χ4n) is 5.80. The minimum absolute atomic E-state index is 0.159. The molecule has 2 atom stereocenters. The van der Waals surface area contributed by atoms with Gasteiger partial charge in [0.1, 0.15) is 16.9 Å². The predicted molar refractivity (Wildman–Crippen MR) is 180 cm³/mol. The van der Waals surface area contributed by atoms with Crippen molar-refractivity contribution in [2.75, 3.05) is 25.6 Å². The third-order valence-electron chi connectivity index (χ3n) is 8.57. The number of nitrogens with zero attached hydrogens (tertiary/aromatic N) is 6. The molecule has 50 heavy (non-hydrogen) atoms. The Kier molecular flexibility index (Phi) is 9.63. The molecule has 5 aromatic rings. The Balaban J connectivity index is 1.36. The zero-order valence-electron chi connectivity index (χ0n) is 27.3. The number of anilines is 2. The summed E-state index contributed by atoms with van der Waals surface area (Å²) in [5, 5.41) is 16.4. The minimum atomic E-state index is -4.96. The number of methoxy groups -OCH3 is 1. The lowest BCUT2D eigenvalue weighted by Gasteiger charge is -2.28. The van der Waals surface area contributed by atoms with Crippen molar-refractivity contribution in [3.8, 4) is 28.3 Å². The topological polar surface area (TPSA) is 158 Å². The second kappa shape index (κ2) is 13.8. The van der Waals surface area contributed by atoms with Crippen LogP contribution in [0.5, 0.6) is 5.88 Å². The first-order valence-corrected chi connectivity index (χ1v) is 15.8. The molecule has 0 saturated carbocycles. The van der Waals surface area contributed by atoms with E-state index in [4.69, 9.17) is 21.1 Å². The molecule has 3 aromatic heterocycles. The zero-order chi connectivity index (χ0) is 35.9. The highest BCUT2D eigenvalue weighted by Gasteiger charge is 2.36. The van der Waals surface area contributed by atoms with Gasteiger partial charge in [0.15, 0.2) is 5.65 Å². The van der Waals surface area contributed by atoms with Gasteiger partial charge >= 0.3 is 11.9 Å². The third kappa shape index (κ3) is 6.54. The second-order valence-corrected chi connectivity index (χ2v) is 12.1. The van der Waals surface area contributed by atoms with Crippen molar-refractivity contribution in [2.24, 2.45) is 14.1 Å². The molecule has 0 bridgehead atoms. The maximum absolute atomic E-state index is 13.9. The normalized spacial score (nSPS) is 16.5. The number of hydrogen-bond donors (Lipinski definition) is 3. The quantitative estimate of drug-likeness (QED) is 0.213. The fourth-order valence-corrected chi connectivity index (χ4v) is 6.13. The standard InChI is InChI=1S/C33H32ClF3N8O5/c1-16-17(7-6-10-20(16)40-27-25-28(43-31(42-27)33(35,36)37)44(2)32(48)45(3)30(25)47)18-8-5-9-19(26(18)34)22-13-39-23(29(41-22)49-4)14-38-21-11-12-50-15-24(21)46/h5-10,13,21,24,38,46H,11-12,14-15H2,1-4H3,(H,40,42,43)/t21-,24+/m1/s1. The maximum Gasteiger partial charge on any atom is 0.451 e. The highest BCUT2D eigenvalue weighted by atomic mass is 35.5. The number of aromatic nitrogens is 6. The number of fused-ring (bicyclic) bond motifs is 1. The summed E-state index contributed by atoms with van der Waals surface area (Å²) in [5.41, 5.74) is 1.50. The number of alkyl halides is 3. The van der Waals surface area contributed by atoms with Crippen LogP contribution in [0.2, 0.25) is 5.02 Å². The average Bonchev–Trinajstić information content (AvgIpc) is 3.10. The molecule has 17 heteroatoms. The van der Waals surface area contributed by atoms with Gasteiger partial charge in [-0.2, -0.15) is 13.2 Å². The van der Waals surface area contributed by atoms with Crippen molar-refractivity contribution >= 4 is 34.1 Å². The van der Waals surface area contributed by atoms with E-state index in [1.54, 1.807) is 49.5 Å². The van der Waals surface area contributed by atoms with Gasteiger partial charge in [0, 0.05) is 50.1 Å². The van der Waals surface area contributed by atoms with Gasteiger partial charge in [0.05, 0.1) is 36.7 Å². The molecule has 3 N–H and O–H groups in total. The van der Waals surface area contributed by atoms with E-state index in [2.05, 4.69) is 30.6 Å². The molecule has 0 unspecified atom stereocenters. The Morgan fingerprint density at radius 2 is 1.78 bits per heavy atom. The number of halogens is 4. The molecule has 4 heterocycles. The van der Waals surface area contributed by atoms with Crippen LogP contribution in [0.25, 0.3) is 33.4 Å². The highest BCUT2D eigenvalue weighted by molar-refractivity contribution is 6.36. The van der Waals surface area contributed by atoms with Gasteiger partial charge < -0.3 is 25.2 Å². The Labute approximate surface area is 287 Å². The first-order valence-electron chi connectivity index (χ1n) is 15.4. The van der Waals surface area contributed by atoms with E-state index in [1.807, 2.05) is 0 Å². The van der Waals surface area contributed by atoms with E-state index >= 15 is 0 Å². The summed E-state index contributed by atoms with van der Waals surface area (Å²) in [6.45, 7) is 2.84. The summed E-state index contributed by atoms with van der Waals surface area (Å²) in [5.74, 6) is -1.65. The average molecular weight is 713 g/mol. The molecule has 2 aromatic carbocycles. The molecule has 0 radical (unpaired) electrons. The molecular formula is C33H32ClF3N8O5. The first kappa shape index (κ1) is 34.9. The minimum Gasteiger partial charge on any atom is -0.480 e. The van der Waals surface area contributed by atoms with Crippen molar-refractivity contribution in [3.63, 3.8) is 0 Å². The molecule has 1 aliphatic rings. The molecule has 0 amide bonds. The highest BCUT2D eigenvalue weighted by Crippen LogP contribution is 2.40. The predicted octanol–water partition coefficient (Wildman–Crippen LogP) is 4.12. The lowest BCUT2D eigenvalue weighted by Crippen LogP contribution is -2.46. The van der Waals surface area contributed by atoms with Crippen LogP contribution in [0.1, 0.15) is 23.5 Å². The molecular weight excluding hydrogens is 681 g/mol. The Morgan fingerprint density at radius 1 is 1.06 bits per heavy atom. The van der Waals surface area contributed by atoms with Gasteiger partial charge in [-0.25, -0.2) is 19.7 Å². The zero-order valence-corrected chi connectivity index (χ0v) is 28.1. The number of hydrogen-bond acceptors (Lipinski definition) is 11. The number of aliphatic hydroxyl groups excluding tert-OH is 1. The summed E-state index contributed by atoms with van der Waals surface area (Å²) in [4.78, 5) is 42.1. The third-order valence-corrected chi connectivity index (χ3v) is 8.98. The van der Waals surface area contributed by atoms with Gasteiger partial charge in [0.25, 0.3) is 5.56 Å². The number of ether oxygens (including phenoxy) is 2. The van der Waals surface area contributed by atoms with Crippen molar-refractivity contribution in [1.29, 1.82) is 0 Å². The van der Waals surface area contributed by atoms with Crippen LogP contribution in [0.3, 0.4) is 0 Å². The van der Waals surface area contributed by atoms with Crippen molar-refractivity contribution < 1.29 is 27.8 Å². The monoisotopic (exact) mass is 712 g/mol. The number of benzene rings is 2. The smallest absolute Gasteiger partial charge is 0.451 e. The maximum atomic E-state index is 13.9. The van der Waals surface area contributed by atoms with Crippen LogP contribution >= 0.6 is 11.6 Å². The number of aliphatic hydroxyl groups is 1. The Hall–Kier alpha value is -4.90. The summed E-state index contributed by atoms with van der Waals surface area (Å²) < 4.78 is 54.0. The van der Waals surface area contributed by atoms with E-state index in [1.165, 1.54) is 21.2 Å². The molecule has 262 valence electrons. The molecule has 1 aliphatic heterocycles. The van der Waals surface area contributed by atoms with E-state index in [0.717, 1.165) is 9.13 Å².